The molecule has 0 saturated carbocycles. The van der Waals surface area contributed by atoms with Crippen LogP contribution in [-0.2, 0) is 0 Å². The lowest BCUT2D eigenvalue weighted by Crippen LogP contribution is -2.17. The quantitative estimate of drug-likeness (QED) is 0.911. The van der Waals surface area contributed by atoms with E-state index in [-0.39, 0.29) is 5.91 Å². The third kappa shape index (κ3) is 3.19. The van der Waals surface area contributed by atoms with Gasteiger partial charge in [-0.15, -0.1) is 0 Å². The first-order chi connectivity index (χ1) is 9.47. The van der Waals surface area contributed by atoms with Gasteiger partial charge in [0.25, 0.3) is 5.91 Å². The van der Waals surface area contributed by atoms with Gasteiger partial charge in [-0.05, 0) is 30.3 Å². The molecule has 0 fully saturated rings. The van der Waals surface area contributed by atoms with Crippen molar-refractivity contribution in [3.8, 4) is 0 Å². The molecule has 2 rings (SSSR count). The molecule has 104 valence electrons. The van der Waals surface area contributed by atoms with E-state index < -0.39 is 0 Å². The van der Waals surface area contributed by atoms with Crippen molar-refractivity contribution in [3.05, 3.63) is 47.2 Å². The summed E-state index contributed by atoms with van der Waals surface area (Å²) >= 11 is 5.97. The fraction of sp³-hybridized carbons (Fsp3) is 0.143. The number of nitrogens with zero attached hydrogens (tertiary/aromatic N) is 2. The number of hydrogen-bond acceptors (Lipinski definition) is 4. The van der Waals surface area contributed by atoms with Crippen LogP contribution in [0.4, 0.5) is 17.1 Å². The SMILES string of the molecule is CN(C)c1ccc(Cl)cc1NC(=O)c1ccc(N)cn1. The Kier molecular flexibility index (Phi) is 4.10. The lowest BCUT2D eigenvalue weighted by atomic mass is 10.2. The van der Waals surface area contributed by atoms with Crippen LogP contribution in [0.25, 0.3) is 0 Å². The van der Waals surface area contributed by atoms with Crippen LogP contribution >= 0.6 is 11.6 Å². The van der Waals surface area contributed by atoms with E-state index in [0.29, 0.717) is 22.1 Å². The second-order valence-corrected chi connectivity index (χ2v) is 4.92. The molecule has 2 aromatic rings. The van der Waals surface area contributed by atoms with Gasteiger partial charge in [0.1, 0.15) is 5.69 Å². The first-order valence-corrected chi connectivity index (χ1v) is 6.35. The van der Waals surface area contributed by atoms with E-state index in [1.807, 2.05) is 25.1 Å². The van der Waals surface area contributed by atoms with E-state index in [2.05, 4.69) is 10.3 Å². The molecule has 6 heteroatoms. The topological polar surface area (TPSA) is 71.2 Å². The molecule has 0 aliphatic rings. The molecule has 0 atom stereocenters. The van der Waals surface area contributed by atoms with Gasteiger partial charge < -0.3 is 16.0 Å². The highest BCUT2D eigenvalue weighted by molar-refractivity contribution is 6.31. The normalized spacial score (nSPS) is 10.2. The number of anilines is 3. The second-order valence-electron chi connectivity index (χ2n) is 4.49. The Morgan fingerprint density at radius 2 is 2.05 bits per heavy atom. The van der Waals surface area contributed by atoms with Gasteiger partial charge >= 0.3 is 0 Å². The minimum Gasteiger partial charge on any atom is -0.397 e. The van der Waals surface area contributed by atoms with Gasteiger partial charge in [-0.2, -0.15) is 0 Å². The Bertz CT molecular complexity index is 626. The summed E-state index contributed by atoms with van der Waals surface area (Å²) in [5.41, 5.74) is 7.84. The molecule has 1 heterocycles. The van der Waals surface area contributed by atoms with Crippen molar-refractivity contribution in [1.29, 1.82) is 0 Å². The summed E-state index contributed by atoms with van der Waals surface area (Å²) in [4.78, 5) is 18.0. The van der Waals surface area contributed by atoms with Gasteiger partial charge in [0.2, 0.25) is 0 Å². The van der Waals surface area contributed by atoms with Crippen LogP contribution in [0.15, 0.2) is 36.5 Å². The summed E-state index contributed by atoms with van der Waals surface area (Å²) < 4.78 is 0. The van der Waals surface area contributed by atoms with Crippen molar-refractivity contribution in [2.24, 2.45) is 0 Å². The summed E-state index contributed by atoms with van der Waals surface area (Å²) in [7, 11) is 3.78. The Labute approximate surface area is 122 Å². The Morgan fingerprint density at radius 1 is 1.30 bits per heavy atom. The zero-order chi connectivity index (χ0) is 14.7. The van der Waals surface area contributed by atoms with Crippen molar-refractivity contribution in [2.75, 3.05) is 30.0 Å². The van der Waals surface area contributed by atoms with Gasteiger partial charge in [-0.25, -0.2) is 4.98 Å². The number of pyridine rings is 1. The number of benzene rings is 1. The van der Waals surface area contributed by atoms with Crippen LogP contribution in [0, 0.1) is 0 Å². The second kappa shape index (κ2) is 5.79. The molecular formula is C14H15ClN4O. The summed E-state index contributed by atoms with van der Waals surface area (Å²) in [5.74, 6) is -0.310. The lowest BCUT2D eigenvalue weighted by molar-refractivity contribution is 0.102. The molecular weight excluding hydrogens is 276 g/mol. The van der Waals surface area contributed by atoms with Gasteiger partial charge in [0, 0.05) is 19.1 Å². The van der Waals surface area contributed by atoms with Crippen LogP contribution in [0.1, 0.15) is 10.5 Å². The molecule has 1 amide bonds. The van der Waals surface area contributed by atoms with Crippen LogP contribution in [0.2, 0.25) is 5.02 Å². The Hall–Kier alpha value is -2.27. The van der Waals surface area contributed by atoms with E-state index in [9.17, 15) is 4.79 Å². The molecule has 0 radical (unpaired) electrons. The molecule has 0 aliphatic carbocycles. The highest BCUT2D eigenvalue weighted by Crippen LogP contribution is 2.28. The van der Waals surface area contributed by atoms with Crippen molar-refractivity contribution in [3.63, 3.8) is 0 Å². The van der Waals surface area contributed by atoms with Gasteiger partial charge in [0.15, 0.2) is 0 Å². The number of nitrogen functional groups attached to an aromatic ring is 1. The maximum Gasteiger partial charge on any atom is 0.274 e. The number of nitrogens with one attached hydrogen (secondary N) is 1. The van der Waals surface area contributed by atoms with Crippen LogP contribution < -0.4 is 16.0 Å². The third-order valence-corrected chi connectivity index (χ3v) is 2.94. The van der Waals surface area contributed by atoms with Crippen LogP contribution in [-0.4, -0.2) is 25.0 Å². The highest BCUT2D eigenvalue weighted by Gasteiger charge is 2.12. The third-order valence-electron chi connectivity index (χ3n) is 2.71. The van der Waals surface area contributed by atoms with E-state index in [4.69, 9.17) is 17.3 Å². The number of hydrogen-bond donors (Lipinski definition) is 2. The molecule has 5 nitrogen and oxygen atoms in total. The van der Waals surface area contributed by atoms with Gasteiger partial charge in [-0.3, -0.25) is 4.79 Å². The average Bonchev–Trinajstić information content (AvgIpc) is 2.39. The first kappa shape index (κ1) is 14.1. The molecule has 1 aromatic heterocycles. The van der Waals surface area contributed by atoms with Crippen molar-refractivity contribution >= 4 is 34.6 Å². The maximum absolute atomic E-state index is 12.1. The average molecular weight is 291 g/mol. The smallest absolute Gasteiger partial charge is 0.274 e. The predicted molar refractivity (Wildman–Crippen MR) is 82.4 cm³/mol. The molecule has 20 heavy (non-hydrogen) atoms. The van der Waals surface area contributed by atoms with Gasteiger partial charge in [0.05, 0.1) is 23.3 Å². The summed E-state index contributed by atoms with van der Waals surface area (Å²) in [5, 5.41) is 3.35. The molecule has 0 aliphatic heterocycles. The largest absolute Gasteiger partial charge is 0.397 e. The lowest BCUT2D eigenvalue weighted by Gasteiger charge is -2.18. The minimum absolute atomic E-state index is 0.295. The number of amides is 1. The number of aromatic nitrogens is 1. The van der Waals surface area contributed by atoms with E-state index >= 15 is 0 Å². The standard InChI is InChI=1S/C14H15ClN4O/c1-19(2)13-6-3-9(15)7-12(13)18-14(20)11-5-4-10(16)8-17-11/h3-8H,16H2,1-2H3,(H,18,20). The molecule has 0 spiro atoms. The van der Waals surface area contributed by atoms with Crippen LogP contribution in [0.3, 0.4) is 0 Å². The van der Waals surface area contributed by atoms with Crippen LogP contribution in [0.5, 0.6) is 0 Å². The van der Waals surface area contributed by atoms with Gasteiger partial charge in [-0.1, -0.05) is 11.6 Å². The Morgan fingerprint density at radius 3 is 2.65 bits per heavy atom. The summed E-state index contributed by atoms with van der Waals surface area (Å²) in [6.07, 6.45) is 1.44. The predicted octanol–water partition coefficient (Wildman–Crippen LogP) is 2.64. The monoisotopic (exact) mass is 290 g/mol. The molecule has 0 saturated heterocycles. The molecule has 3 N–H and O–H groups in total. The first-order valence-electron chi connectivity index (χ1n) is 5.97. The number of carbonyl (C=O) groups excluding carboxylic acids is 1. The van der Waals surface area contributed by atoms with Crippen molar-refractivity contribution in [1.82, 2.24) is 4.98 Å². The number of halogens is 1. The number of rotatable bonds is 3. The van der Waals surface area contributed by atoms with E-state index in [1.165, 1.54) is 6.20 Å². The number of carbonyl (C=O) groups is 1. The van der Waals surface area contributed by atoms with Crippen molar-refractivity contribution < 1.29 is 4.79 Å². The highest BCUT2D eigenvalue weighted by atomic mass is 35.5. The molecule has 0 bridgehead atoms. The maximum atomic E-state index is 12.1. The molecule has 1 aromatic carbocycles. The molecule has 0 unspecified atom stereocenters. The zero-order valence-electron chi connectivity index (χ0n) is 11.2. The Balaban J connectivity index is 2.27. The van der Waals surface area contributed by atoms with Crippen molar-refractivity contribution in [2.45, 2.75) is 0 Å². The summed E-state index contributed by atoms with van der Waals surface area (Å²) in [6, 6.07) is 8.52. The fourth-order valence-electron chi connectivity index (χ4n) is 1.72. The summed E-state index contributed by atoms with van der Waals surface area (Å²) in [6.45, 7) is 0. The van der Waals surface area contributed by atoms with E-state index in [1.54, 1.807) is 24.3 Å². The zero-order valence-corrected chi connectivity index (χ0v) is 12.0. The fourth-order valence-corrected chi connectivity index (χ4v) is 1.90. The van der Waals surface area contributed by atoms with E-state index in [0.717, 1.165) is 5.69 Å². The number of nitrogens with two attached hydrogens (primary N) is 1. The minimum atomic E-state index is -0.310.